The van der Waals surface area contributed by atoms with Crippen LogP contribution < -0.4 is 0 Å². The van der Waals surface area contributed by atoms with Crippen LogP contribution in [0.25, 0.3) is 62.6 Å². The first kappa shape index (κ1) is 26.9. The monoisotopic (exact) mass is 606 g/mol. The first-order chi connectivity index (χ1) is 21.7. The standard InChI is InChI=1S/C42H38S2/c1-3-7-27(8-4-1)29-11-13-33-21-35(17-15-31(33)19-29)39-23-37-25-42-38(26-41(37)43-39)24-40(44-42)36-18-16-32-20-30(12-14-34(32)22-36)28-9-5-2-6-10-28/h11-28H,1-10H2. The fourth-order valence-corrected chi connectivity index (χ4v) is 10.2. The largest absolute Gasteiger partial charge is 0.135 e. The Labute approximate surface area is 268 Å². The van der Waals surface area contributed by atoms with E-state index < -0.39 is 0 Å². The van der Waals surface area contributed by atoms with E-state index in [0.717, 1.165) is 11.8 Å². The molecule has 44 heavy (non-hydrogen) atoms. The van der Waals surface area contributed by atoms with E-state index in [1.165, 1.54) is 127 Å². The van der Waals surface area contributed by atoms with Crippen LogP contribution in [0.5, 0.6) is 0 Å². The van der Waals surface area contributed by atoms with Crippen molar-refractivity contribution in [1.82, 2.24) is 0 Å². The topological polar surface area (TPSA) is 0 Å². The van der Waals surface area contributed by atoms with E-state index in [9.17, 15) is 0 Å². The van der Waals surface area contributed by atoms with Gasteiger partial charge in [-0.15, -0.1) is 22.7 Å². The van der Waals surface area contributed by atoms with Crippen LogP contribution in [0.15, 0.2) is 97.1 Å². The Morgan fingerprint density at radius 2 is 0.773 bits per heavy atom. The van der Waals surface area contributed by atoms with Crippen LogP contribution in [0, 0.1) is 0 Å². The molecule has 0 bridgehead atoms. The van der Waals surface area contributed by atoms with E-state index in [0.29, 0.717) is 0 Å². The van der Waals surface area contributed by atoms with Gasteiger partial charge in [0.2, 0.25) is 0 Å². The van der Waals surface area contributed by atoms with Gasteiger partial charge in [0, 0.05) is 19.2 Å². The Balaban J connectivity index is 0.996. The molecule has 2 aliphatic rings. The maximum atomic E-state index is 2.45. The second-order valence-corrected chi connectivity index (χ2v) is 15.6. The molecule has 2 aromatic heterocycles. The van der Waals surface area contributed by atoms with Crippen molar-refractivity contribution in [3.63, 3.8) is 0 Å². The Kier molecular flexibility index (Phi) is 6.82. The summed E-state index contributed by atoms with van der Waals surface area (Å²) in [6.07, 6.45) is 13.8. The van der Waals surface area contributed by atoms with Crippen LogP contribution in [-0.4, -0.2) is 0 Å². The number of hydrogen-bond acceptors (Lipinski definition) is 2. The summed E-state index contributed by atoms with van der Waals surface area (Å²) in [6, 6.07) is 38.1. The fourth-order valence-electron chi connectivity index (χ4n) is 8.07. The number of rotatable bonds is 4. The van der Waals surface area contributed by atoms with Gasteiger partial charge in [-0.05, 0) is 128 Å². The van der Waals surface area contributed by atoms with E-state index in [2.05, 4.69) is 97.1 Å². The van der Waals surface area contributed by atoms with Crippen LogP contribution in [0.3, 0.4) is 0 Å². The third-order valence-electron chi connectivity index (χ3n) is 10.6. The summed E-state index contributed by atoms with van der Waals surface area (Å²) in [7, 11) is 0. The zero-order valence-electron chi connectivity index (χ0n) is 25.3. The number of fused-ring (bicyclic) bond motifs is 4. The van der Waals surface area contributed by atoms with Crippen molar-refractivity contribution in [3.05, 3.63) is 108 Å². The van der Waals surface area contributed by atoms with Gasteiger partial charge in [-0.2, -0.15) is 0 Å². The lowest BCUT2D eigenvalue weighted by Gasteiger charge is -2.22. The zero-order chi connectivity index (χ0) is 29.0. The van der Waals surface area contributed by atoms with Gasteiger partial charge in [0.05, 0.1) is 0 Å². The van der Waals surface area contributed by atoms with E-state index in [1.54, 1.807) is 11.1 Å². The molecule has 0 atom stereocenters. The Morgan fingerprint density at radius 3 is 1.23 bits per heavy atom. The smallest absolute Gasteiger partial charge is 0.0356 e. The molecule has 0 N–H and O–H groups in total. The lowest BCUT2D eigenvalue weighted by Crippen LogP contribution is -2.04. The van der Waals surface area contributed by atoms with Crippen molar-refractivity contribution in [2.45, 2.75) is 76.0 Å². The minimum absolute atomic E-state index is 0.755. The van der Waals surface area contributed by atoms with Crippen LogP contribution in [0.4, 0.5) is 0 Å². The van der Waals surface area contributed by atoms with Gasteiger partial charge in [0.1, 0.15) is 0 Å². The van der Waals surface area contributed by atoms with Crippen molar-refractivity contribution in [2.75, 3.05) is 0 Å². The van der Waals surface area contributed by atoms with Crippen molar-refractivity contribution in [3.8, 4) is 20.9 Å². The molecule has 0 saturated heterocycles. The molecular formula is C42H38S2. The van der Waals surface area contributed by atoms with E-state index in [4.69, 9.17) is 0 Å². The van der Waals surface area contributed by atoms with E-state index in [1.807, 2.05) is 22.7 Å². The van der Waals surface area contributed by atoms with Gasteiger partial charge in [0.15, 0.2) is 0 Å². The molecule has 2 heterocycles. The number of thiophene rings is 2. The Hall–Kier alpha value is -3.46. The predicted octanol–water partition coefficient (Wildman–Crippen LogP) is 13.9. The molecule has 5 aromatic carbocycles. The third kappa shape index (κ3) is 4.97. The second-order valence-electron chi connectivity index (χ2n) is 13.5. The maximum absolute atomic E-state index is 2.45. The molecule has 218 valence electrons. The molecular weight excluding hydrogens is 569 g/mol. The van der Waals surface area contributed by atoms with Crippen molar-refractivity contribution in [1.29, 1.82) is 0 Å². The summed E-state index contributed by atoms with van der Waals surface area (Å²) in [6.45, 7) is 0. The SMILES string of the molecule is c1cc2cc(C3CCCCC3)ccc2cc1-c1cc2cc3sc(-c4ccc5cc(C6CCCCC6)ccc5c4)cc3cc2s1. The minimum Gasteiger partial charge on any atom is -0.135 e. The van der Waals surface area contributed by atoms with Crippen LogP contribution in [-0.2, 0) is 0 Å². The zero-order valence-corrected chi connectivity index (χ0v) is 26.9. The molecule has 2 aliphatic carbocycles. The summed E-state index contributed by atoms with van der Waals surface area (Å²) in [5.41, 5.74) is 5.74. The normalized spacial score (nSPS) is 16.9. The molecule has 0 unspecified atom stereocenters. The summed E-state index contributed by atoms with van der Waals surface area (Å²) in [5.74, 6) is 1.51. The summed E-state index contributed by atoms with van der Waals surface area (Å²) in [4.78, 5) is 2.72. The van der Waals surface area contributed by atoms with Crippen molar-refractivity contribution >= 4 is 64.4 Å². The highest BCUT2D eigenvalue weighted by atomic mass is 32.1. The lowest BCUT2D eigenvalue weighted by molar-refractivity contribution is 0.444. The van der Waals surface area contributed by atoms with Gasteiger partial charge in [-0.3, -0.25) is 0 Å². The fraction of sp³-hybridized carbons (Fsp3) is 0.286. The Morgan fingerprint density at radius 1 is 0.364 bits per heavy atom. The van der Waals surface area contributed by atoms with Crippen molar-refractivity contribution < 1.29 is 0 Å². The maximum Gasteiger partial charge on any atom is 0.0356 e. The highest BCUT2D eigenvalue weighted by Gasteiger charge is 2.17. The van der Waals surface area contributed by atoms with Crippen molar-refractivity contribution in [2.24, 2.45) is 0 Å². The molecule has 0 amide bonds. The van der Waals surface area contributed by atoms with Crippen LogP contribution >= 0.6 is 22.7 Å². The quantitative estimate of drug-likeness (QED) is 0.187. The Bertz CT molecular complexity index is 1940. The first-order valence-corrected chi connectivity index (χ1v) is 18.4. The minimum atomic E-state index is 0.755. The number of hydrogen-bond donors (Lipinski definition) is 0. The predicted molar refractivity (Wildman–Crippen MR) is 195 cm³/mol. The van der Waals surface area contributed by atoms with Crippen LogP contribution in [0.1, 0.15) is 87.2 Å². The lowest BCUT2D eigenvalue weighted by atomic mass is 9.83. The summed E-state index contributed by atoms with van der Waals surface area (Å²) >= 11 is 3.85. The molecule has 7 aromatic rings. The van der Waals surface area contributed by atoms with Gasteiger partial charge in [-0.1, -0.05) is 99.2 Å². The highest BCUT2D eigenvalue weighted by Crippen LogP contribution is 2.42. The van der Waals surface area contributed by atoms with Crippen LogP contribution in [0.2, 0.25) is 0 Å². The molecule has 2 heteroatoms. The number of benzene rings is 5. The molecule has 0 aliphatic heterocycles. The molecule has 2 saturated carbocycles. The molecule has 2 fully saturated rings. The third-order valence-corrected chi connectivity index (χ3v) is 12.9. The molecule has 0 radical (unpaired) electrons. The average Bonchev–Trinajstić information content (AvgIpc) is 3.70. The molecule has 0 spiro atoms. The summed E-state index contributed by atoms with van der Waals surface area (Å²) < 4.78 is 2.75. The van der Waals surface area contributed by atoms with Gasteiger partial charge >= 0.3 is 0 Å². The second kappa shape index (κ2) is 11.2. The molecule has 0 nitrogen and oxygen atoms in total. The highest BCUT2D eigenvalue weighted by molar-refractivity contribution is 7.23. The van der Waals surface area contributed by atoms with Gasteiger partial charge in [0.25, 0.3) is 0 Å². The van der Waals surface area contributed by atoms with E-state index >= 15 is 0 Å². The van der Waals surface area contributed by atoms with Gasteiger partial charge < -0.3 is 0 Å². The summed E-state index contributed by atoms with van der Waals surface area (Å²) in [5, 5.41) is 8.17. The molecule has 9 rings (SSSR count). The van der Waals surface area contributed by atoms with Gasteiger partial charge in [-0.25, -0.2) is 0 Å². The average molecular weight is 607 g/mol. The van der Waals surface area contributed by atoms with E-state index in [-0.39, 0.29) is 0 Å². The first-order valence-electron chi connectivity index (χ1n) is 16.8.